The Kier molecular flexibility index (Phi) is 6.96. The Balaban J connectivity index is 1.34. The molecule has 4 rings (SSSR count). The van der Waals surface area contributed by atoms with Crippen LogP contribution >= 0.6 is 0 Å². The van der Waals surface area contributed by atoms with E-state index < -0.39 is 0 Å². The van der Waals surface area contributed by atoms with Crippen LogP contribution in [0.3, 0.4) is 0 Å². The van der Waals surface area contributed by atoms with Gasteiger partial charge in [-0.2, -0.15) is 0 Å². The fraction of sp³-hybridized carbons (Fsp3) is 1.00. The second-order valence-electron chi connectivity index (χ2n) is 9.76. The third kappa shape index (κ3) is 4.28. The molecule has 0 bridgehead atoms. The zero-order chi connectivity index (χ0) is 19.7. The van der Waals surface area contributed by atoms with Crippen molar-refractivity contribution in [2.75, 3.05) is 40.4 Å². The van der Waals surface area contributed by atoms with Crippen molar-refractivity contribution in [3.63, 3.8) is 0 Å². The molecular formula is C22H42N4O2. The molecule has 2 N–H and O–H groups in total. The number of rotatable bonds is 7. The molecule has 4 fully saturated rings. The van der Waals surface area contributed by atoms with E-state index in [2.05, 4.69) is 34.3 Å². The number of nitrogens with zero attached hydrogens (tertiary/aromatic N) is 2. The van der Waals surface area contributed by atoms with Crippen LogP contribution < -0.4 is 10.6 Å². The molecule has 0 amide bonds. The Hall–Kier alpha value is -0.240. The lowest BCUT2D eigenvalue weighted by atomic mass is 9.83. The average molecular weight is 395 g/mol. The quantitative estimate of drug-likeness (QED) is 0.682. The van der Waals surface area contributed by atoms with Crippen LogP contribution in [0.15, 0.2) is 0 Å². The van der Waals surface area contributed by atoms with Gasteiger partial charge in [-0.15, -0.1) is 0 Å². The second-order valence-corrected chi connectivity index (χ2v) is 9.76. The van der Waals surface area contributed by atoms with Crippen LogP contribution in [0.4, 0.5) is 0 Å². The molecule has 2 heterocycles. The Morgan fingerprint density at radius 3 is 1.43 bits per heavy atom. The average Bonchev–Trinajstić information content (AvgIpc) is 2.61. The van der Waals surface area contributed by atoms with Gasteiger partial charge < -0.3 is 20.1 Å². The molecule has 0 unspecified atom stereocenters. The summed E-state index contributed by atoms with van der Waals surface area (Å²) in [5.74, 6) is 0. The van der Waals surface area contributed by atoms with Gasteiger partial charge in [-0.3, -0.25) is 9.80 Å². The number of nitrogens with one attached hydrogen (secondary N) is 2. The molecule has 2 aliphatic carbocycles. The normalized spacial score (nSPS) is 45.4. The van der Waals surface area contributed by atoms with E-state index in [0.717, 1.165) is 38.3 Å². The van der Waals surface area contributed by atoms with Crippen molar-refractivity contribution < 1.29 is 9.47 Å². The monoisotopic (exact) mass is 394 g/mol. The van der Waals surface area contributed by atoms with Gasteiger partial charge in [0.1, 0.15) is 0 Å². The third-order valence-electron chi connectivity index (χ3n) is 7.98. The summed E-state index contributed by atoms with van der Waals surface area (Å²) in [6.07, 6.45) is 8.41. The van der Waals surface area contributed by atoms with Crippen molar-refractivity contribution in [3.05, 3.63) is 0 Å². The van der Waals surface area contributed by atoms with E-state index in [0.29, 0.717) is 36.4 Å². The minimum atomic E-state index is 0.485. The van der Waals surface area contributed by atoms with Gasteiger partial charge in [0.05, 0.1) is 12.2 Å². The number of piperazine rings is 2. The number of methoxy groups -OCH3 is 2. The van der Waals surface area contributed by atoms with E-state index in [-0.39, 0.29) is 0 Å². The molecule has 4 aliphatic rings. The molecule has 2 saturated carbocycles. The minimum absolute atomic E-state index is 0.485. The minimum Gasteiger partial charge on any atom is -0.381 e. The first-order valence-corrected chi connectivity index (χ1v) is 11.6. The van der Waals surface area contributed by atoms with E-state index >= 15 is 0 Å². The van der Waals surface area contributed by atoms with Crippen LogP contribution in [0.25, 0.3) is 0 Å². The maximum atomic E-state index is 5.55. The molecule has 6 nitrogen and oxygen atoms in total. The van der Waals surface area contributed by atoms with Crippen LogP contribution in [0, 0.1) is 0 Å². The van der Waals surface area contributed by atoms with Gasteiger partial charge in [0, 0.05) is 76.6 Å². The lowest BCUT2D eigenvalue weighted by molar-refractivity contribution is -0.0744. The zero-order valence-corrected chi connectivity index (χ0v) is 18.4. The second kappa shape index (κ2) is 9.27. The molecule has 0 aromatic heterocycles. The first-order chi connectivity index (χ1) is 13.6. The maximum Gasteiger partial charge on any atom is 0.0601 e. The van der Waals surface area contributed by atoms with Crippen LogP contribution in [0.5, 0.6) is 0 Å². The number of hydrogen-bond donors (Lipinski definition) is 2. The van der Waals surface area contributed by atoms with Crippen LogP contribution in [0.2, 0.25) is 0 Å². The van der Waals surface area contributed by atoms with E-state index in [1.807, 2.05) is 14.2 Å². The SMILES string of the molecule is CO[C@H]1C[C@H](N2[C@H](CC[C@H]3CNC[C@H](C)N3[C@H]3C[C@H](OC)C3)CNC[C@H]2C)C1. The van der Waals surface area contributed by atoms with Gasteiger partial charge in [0.2, 0.25) is 0 Å². The van der Waals surface area contributed by atoms with Gasteiger partial charge in [-0.25, -0.2) is 0 Å². The van der Waals surface area contributed by atoms with Crippen LogP contribution in [-0.2, 0) is 9.47 Å². The van der Waals surface area contributed by atoms with Gasteiger partial charge in [0.25, 0.3) is 0 Å². The third-order valence-corrected chi connectivity index (χ3v) is 7.98. The summed E-state index contributed by atoms with van der Waals surface area (Å²) in [4.78, 5) is 5.67. The Morgan fingerprint density at radius 1 is 0.679 bits per heavy atom. The highest BCUT2D eigenvalue weighted by molar-refractivity contribution is 4.99. The molecule has 4 atom stereocenters. The maximum absolute atomic E-state index is 5.55. The Bertz CT molecular complexity index is 451. The predicted molar refractivity (Wildman–Crippen MR) is 113 cm³/mol. The molecule has 28 heavy (non-hydrogen) atoms. The Morgan fingerprint density at radius 2 is 1.07 bits per heavy atom. The van der Waals surface area contributed by atoms with Gasteiger partial charge in [0.15, 0.2) is 0 Å². The summed E-state index contributed by atoms with van der Waals surface area (Å²) in [6, 6.07) is 4.05. The molecule has 6 heteroatoms. The van der Waals surface area contributed by atoms with Crippen molar-refractivity contribution in [1.29, 1.82) is 0 Å². The fourth-order valence-electron chi connectivity index (χ4n) is 6.21. The van der Waals surface area contributed by atoms with E-state index in [9.17, 15) is 0 Å². The largest absolute Gasteiger partial charge is 0.381 e. The highest BCUT2D eigenvalue weighted by Crippen LogP contribution is 2.35. The van der Waals surface area contributed by atoms with Crippen molar-refractivity contribution in [2.24, 2.45) is 0 Å². The molecule has 2 aliphatic heterocycles. The van der Waals surface area contributed by atoms with Crippen LogP contribution in [0.1, 0.15) is 52.4 Å². The first-order valence-electron chi connectivity index (χ1n) is 11.6. The van der Waals surface area contributed by atoms with E-state index in [1.165, 1.54) is 38.5 Å². The van der Waals surface area contributed by atoms with Gasteiger partial charge in [-0.1, -0.05) is 0 Å². The lowest BCUT2D eigenvalue weighted by Crippen LogP contribution is -2.65. The van der Waals surface area contributed by atoms with Gasteiger partial charge >= 0.3 is 0 Å². The van der Waals surface area contributed by atoms with Crippen LogP contribution in [-0.4, -0.2) is 98.7 Å². The summed E-state index contributed by atoms with van der Waals surface area (Å²) in [5.41, 5.74) is 0. The molecular weight excluding hydrogens is 352 g/mol. The van der Waals surface area contributed by atoms with E-state index in [4.69, 9.17) is 9.47 Å². The van der Waals surface area contributed by atoms with Crippen molar-refractivity contribution in [2.45, 2.75) is 101 Å². The standard InChI is InChI=1S/C22H42N4O2/c1-15-11-23-13-17(25(15)19-7-21(8-19)27-3)5-6-18-14-24-12-16(2)26(18)20-9-22(10-20)28-4/h15-24H,5-14H2,1-4H3/t15-,16+,17-,18+,19-,20-,21-,22-. The lowest BCUT2D eigenvalue weighted by Gasteiger charge is -2.53. The van der Waals surface area contributed by atoms with Crippen molar-refractivity contribution >= 4 is 0 Å². The Labute approximate surface area is 171 Å². The molecule has 0 spiro atoms. The molecule has 0 aromatic rings. The molecule has 0 radical (unpaired) electrons. The molecule has 2 saturated heterocycles. The molecule has 0 aromatic carbocycles. The highest BCUT2D eigenvalue weighted by Gasteiger charge is 2.43. The zero-order valence-electron chi connectivity index (χ0n) is 18.4. The number of hydrogen-bond acceptors (Lipinski definition) is 6. The van der Waals surface area contributed by atoms with Crippen molar-refractivity contribution in [3.8, 4) is 0 Å². The van der Waals surface area contributed by atoms with E-state index in [1.54, 1.807) is 0 Å². The van der Waals surface area contributed by atoms with Crippen molar-refractivity contribution in [1.82, 2.24) is 20.4 Å². The summed E-state index contributed by atoms with van der Waals surface area (Å²) >= 11 is 0. The topological polar surface area (TPSA) is 49.0 Å². The predicted octanol–water partition coefficient (Wildman–Crippen LogP) is 1.45. The fourth-order valence-corrected chi connectivity index (χ4v) is 6.21. The highest BCUT2D eigenvalue weighted by atomic mass is 16.5. The van der Waals surface area contributed by atoms with Gasteiger partial charge in [-0.05, 0) is 52.4 Å². The summed E-state index contributed by atoms with van der Waals surface area (Å²) in [7, 11) is 3.72. The summed E-state index contributed by atoms with van der Waals surface area (Å²) in [6.45, 7) is 9.33. The molecule has 162 valence electrons. The summed E-state index contributed by atoms with van der Waals surface area (Å²) in [5, 5.41) is 7.38. The number of ether oxygens (including phenoxy) is 2. The smallest absolute Gasteiger partial charge is 0.0601 e. The summed E-state index contributed by atoms with van der Waals surface area (Å²) < 4.78 is 11.1. The first kappa shape index (κ1) is 21.0.